The lowest BCUT2D eigenvalue weighted by molar-refractivity contribution is 0.0523. The van der Waals surface area contributed by atoms with Gasteiger partial charge in [-0.1, -0.05) is 51.1 Å². The fourth-order valence-electron chi connectivity index (χ4n) is 2.76. The predicted molar refractivity (Wildman–Crippen MR) is 134 cm³/mol. The molecule has 2 aromatic rings. The van der Waals surface area contributed by atoms with Gasteiger partial charge in [0.15, 0.2) is 0 Å². The average molecular weight is 446 g/mol. The first-order chi connectivity index (χ1) is 14.2. The Hall–Kier alpha value is -1.98. The number of hydrogen-bond acceptors (Lipinski definition) is 3. The maximum Gasteiger partial charge on any atom is 0.407 e. The molecule has 4 nitrogen and oxygen atoms in total. The minimum atomic E-state index is -1.17. The molecular weight excluding hydrogens is 406 g/mol. The molecule has 0 saturated carbocycles. The van der Waals surface area contributed by atoms with Crippen molar-refractivity contribution < 1.29 is 13.7 Å². The smallest absolute Gasteiger partial charge is 0.407 e. The number of amides is 1. The van der Waals surface area contributed by atoms with Crippen LogP contribution >= 0.6 is 10.3 Å². The molecule has 0 spiro atoms. The van der Waals surface area contributed by atoms with Gasteiger partial charge in [0.25, 0.3) is 0 Å². The SMILES string of the molecule is Cc1ccc(-c2cccc(COS(C)(C)C(C)(C)C)c2)cc1CNC(=O)OC(C)(C)C. The zero-order valence-electron chi connectivity index (χ0n) is 20.6. The van der Waals surface area contributed by atoms with E-state index < -0.39 is 22.0 Å². The molecule has 0 saturated heterocycles. The number of rotatable bonds is 6. The zero-order valence-corrected chi connectivity index (χ0v) is 21.4. The molecule has 1 N–H and O–H groups in total. The van der Waals surface area contributed by atoms with Crippen LogP contribution in [-0.4, -0.2) is 29.0 Å². The van der Waals surface area contributed by atoms with Crippen LogP contribution < -0.4 is 5.32 Å². The van der Waals surface area contributed by atoms with Crippen LogP contribution in [0.5, 0.6) is 0 Å². The highest BCUT2D eigenvalue weighted by Gasteiger charge is 2.28. The maximum atomic E-state index is 12.0. The third-order valence-corrected chi connectivity index (χ3v) is 9.08. The summed E-state index contributed by atoms with van der Waals surface area (Å²) in [6.45, 7) is 15.4. The van der Waals surface area contributed by atoms with Gasteiger partial charge in [-0.15, -0.1) is 10.3 Å². The second kappa shape index (κ2) is 9.66. The van der Waals surface area contributed by atoms with Crippen LogP contribution in [0.4, 0.5) is 4.79 Å². The summed E-state index contributed by atoms with van der Waals surface area (Å²) in [5.74, 6) is 0. The molecule has 0 unspecified atom stereocenters. The van der Waals surface area contributed by atoms with Gasteiger partial charge >= 0.3 is 6.09 Å². The Balaban J connectivity index is 2.14. The van der Waals surface area contributed by atoms with E-state index in [2.05, 4.69) is 88.0 Å². The van der Waals surface area contributed by atoms with Gasteiger partial charge < -0.3 is 14.2 Å². The van der Waals surface area contributed by atoms with Crippen LogP contribution in [0.3, 0.4) is 0 Å². The molecular formula is C26H39NO3S. The lowest BCUT2D eigenvalue weighted by Crippen LogP contribution is -2.32. The molecule has 0 aliphatic heterocycles. The minimum absolute atomic E-state index is 0.137. The van der Waals surface area contributed by atoms with Crippen molar-refractivity contribution in [3.8, 4) is 11.1 Å². The first-order valence-electron chi connectivity index (χ1n) is 10.7. The molecule has 2 aromatic carbocycles. The molecule has 0 fully saturated rings. The number of nitrogens with one attached hydrogen (secondary N) is 1. The molecule has 0 aliphatic carbocycles. The van der Waals surface area contributed by atoms with E-state index in [9.17, 15) is 4.79 Å². The first kappa shape index (κ1) is 25.3. The summed E-state index contributed by atoms with van der Waals surface area (Å²) in [4.78, 5) is 12.0. The Labute approximate surface area is 190 Å². The third kappa shape index (κ3) is 7.58. The summed E-state index contributed by atoms with van der Waals surface area (Å²) >= 11 is 0. The lowest BCUT2D eigenvalue weighted by atomic mass is 9.98. The van der Waals surface area contributed by atoms with E-state index in [1.54, 1.807) is 0 Å². The molecule has 1 amide bonds. The molecule has 0 bridgehead atoms. The molecule has 2 rings (SSSR count). The molecule has 0 radical (unpaired) electrons. The molecule has 0 atom stereocenters. The molecule has 172 valence electrons. The van der Waals surface area contributed by atoms with Crippen molar-refractivity contribution >= 4 is 16.4 Å². The van der Waals surface area contributed by atoms with Crippen LogP contribution in [0.15, 0.2) is 42.5 Å². The number of alkyl carbamates (subject to hydrolysis) is 1. The van der Waals surface area contributed by atoms with E-state index in [1.165, 1.54) is 0 Å². The van der Waals surface area contributed by atoms with Crippen LogP contribution in [-0.2, 0) is 22.1 Å². The third-order valence-electron chi connectivity index (χ3n) is 5.43. The first-order valence-corrected chi connectivity index (χ1v) is 13.1. The largest absolute Gasteiger partial charge is 0.444 e. The highest BCUT2D eigenvalue weighted by Crippen LogP contribution is 2.54. The molecule has 0 aromatic heterocycles. The second-order valence-corrected chi connectivity index (χ2v) is 14.2. The number of ether oxygens (including phenoxy) is 1. The zero-order chi connectivity index (χ0) is 23.4. The molecule has 0 heterocycles. The normalized spacial score (nSPS) is 13.1. The quantitative estimate of drug-likeness (QED) is 0.522. The van der Waals surface area contributed by atoms with E-state index in [1.807, 2.05) is 20.8 Å². The van der Waals surface area contributed by atoms with Crippen molar-refractivity contribution in [2.24, 2.45) is 0 Å². The summed E-state index contributed by atoms with van der Waals surface area (Å²) in [5.41, 5.74) is 5.13. The monoisotopic (exact) mass is 445 g/mol. The van der Waals surface area contributed by atoms with Gasteiger partial charge in [-0.2, -0.15) is 0 Å². The Kier molecular flexibility index (Phi) is 7.88. The fourth-order valence-corrected chi connectivity index (χ4v) is 3.54. The number of benzene rings is 2. The van der Waals surface area contributed by atoms with Crippen molar-refractivity contribution in [1.82, 2.24) is 5.32 Å². The van der Waals surface area contributed by atoms with E-state index >= 15 is 0 Å². The van der Waals surface area contributed by atoms with Crippen LogP contribution in [0.1, 0.15) is 58.2 Å². The summed E-state index contributed by atoms with van der Waals surface area (Å²) in [5, 5.41) is 2.86. The van der Waals surface area contributed by atoms with E-state index in [-0.39, 0.29) is 4.75 Å². The van der Waals surface area contributed by atoms with Gasteiger partial charge in [0.05, 0.1) is 6.61 Å². The highest BCUT2D eigenvalue weighted by molar-refractivity contribution is 8.29. The van der Waals surface area contributed by atoms with Crippen molar-refractivity contribution in [2.75, 3.05) is 12.5 Å². The van der Waals surface area contributed by atoms with Gasteiger partial charge in [-0.3, -0.25) is 0 Å². The van der Waals surface area contributed by atoms with Crippen molar-refractivity contribution in [3.05, 3.63) is 59.2 Å². The standard InChI is InChI=1S/C26H39NO3S/c1-19-13-14-22(16-23(19)17-27-24(28)30-25(2,3)4)21-12-10-11-20(15-21)18-29-31(8,9)26(5,6)7/h10-16H,17-18H2,1-9H3,(H,27,28). The van der Waals surface area contributed by atoms with Gasteiger partial charge in [0.1, 0.15) is 5.60 Å². The van der Waals surface area contributed by atoms with E-state index in [0.717, 1.165) is 27.8 Å². The van der Waals surface area contributed by atoms with Crippen LogP contribution in [0.25, 0.3) is 11.1 Å². The van der Waals surface area contributed by atoms with Crippen molar-refractivity contribution in [1.29, 1.82) is 0 Å². The Morgan fingerprint density at radius 2 is 1.61 bits per heavy atom. The molecule has 31 heavy (non-hydrogen) atoms. The fraction of sp³-hybridized carbons (Fsp3) is 0.500. The average Bonchev–Trinajstić information content (AvgIpc) is 2.64. The number of hydrogen-bond donors (Lipinski definition) is 1. The Bertz CT molecular complexity index is 908. The van der Waals surface area contributed by atoms with Crippen molar-refractivity contribution in [3.63, 3.8) is 0 Å². The lowest BCUT2D eigenvalue weighted by Gasteiger charge is -2.43. The maximum absolute atomic E-state index is 12.0. The van der Waals surface area contributed by atoms with E-state index in [0.29, 0.717) is 13.2 Å². The van der Waals surface area contributed by atoms with Crippen LogP contribution in [0, 0.1) is 6.92 Å². The van der Waals surface area contributed by atoms with Gasteiger partial charge in [-0.25, -0.2) is 4.79 Å². The van der Waals surface area contributed by atoms with Gasteiger partial charge in [0, 0.05) is 11.3 Å². The topological polar surface area (TPSA) is 47.6 Å². The second-order valence-electron chi connectivity index (χ2n) is 10.3. The summed E-state index contributed by atoms with van der Waals surface area (Å²) in [6.07, 6.45) is 4.04. The number of aryl methyl sites for hydroxylation is 1. The van der Waals surface area contributed by atoms with Crippen LogP contribution in [0.2, 0.25) is 0 Å². The molecule has 5 heteroatoms. The highest BCUT2D eigenvalue weighted by atomic mass is 32.3. The minimum Gasteiger partial charge on any atom is -0.444 e. The van der Waals surface area contributed by atoms with Gasteiger partial charge in [-0.05, 0) is 80.2 Å². The van der Waals surface area contributed by atoms with Crippen molar-refractivity contribution in [2.45, 2.75) is 72.0 Å². The summed E-state index contributed by atoms with van der Waals surface area (Å²) < 4.78 is 11.8. The number of carbonyl (C=O) groups is 1. The van der Waals surface area contributed by atoms with Gasteiger partial charge in [0.2, 0.25) is 0 Å². The Morgan fingerprint density at radius 3 is 2.23 bits per heavy atom. The predicted octanol–water partition coefficient (Wildman–Crippen LogP) is 6.98. The summed E-state index contributed by atoms with van der Waals surface area (Å²) in [6, 6.07) is 14.8. The van der Waals surface area contributed by atoms with E-state index in [4.69, 9.17) is 8.92 Å². The summed E-state index contributed by atoms with van der Waals surface area (Å²) in [7, 11) is -1.17. The molecule has 0 aliphatic rings. The number of carbonyl (C=O) groups excluding carboxylic acids is 1. The Morgan fingerprint density at radius 1 is 0.968 bits per heavy atom.